The third kappa shape index (κ3) is 4.65. The molecule has 4 aromatic rings. The number of aryl methyl sites for hydroxylation is 1. The lowest BCUT2D eigenvalue weighted by Crippen LogP contribution is -2.16. The highest BCUT2D eigenvalue weighted by Gasteiger charge is 2.17. The fraction of sp³-hybridized carbons (Fsp3) is 0.174. The largest absolute Gasteiger partial charge is 0.497 e. The van der Waals surface area contributed by atoms with Gasteiger partial charge in [0.2, 0.25) is 5.13 Å². The van der Waals surface area contributed by atoms with Crippen LogP contribution in [-0.2, 0) is 0 Å². The van der Waals surface area contributed by atoms with Crippen LogP contribution >= 0.6 is 23.1 Å². The van der Waals surface area contributed by atoms with Crippen LogP contribution < -0.4 is 10.1 Å². The van der Waals surface area contributed by atoms with Gasteiger partial charge in [0.05, 0.1) is 24.1 Å². The Kier molecular flexibility index (Phi) is 6.39. The van der Waals surface area contributed by atoms with E-state index in [1.54, 1.807) is 23.6 Å². The summed E-state index contributed by atoms with van der Waals surface area (Å²) in [7, 11) is 1.64. The number of rotatable bonds is 7. The van der Waals surface area contributed by atoms with Crippen LogP contribution in [-0.4, -0.2) is 33.5 Å². The number of nitrogens with one attached hydrogen (secondary N) is 1. The van der Waals surface area contributed by atoms with Gasteiger partial charge in [0.25, 0.3) is 5.91 Å². The van der Waals surface area contributed by atoms with E-state index in [1.165, 1.54) is 11.3 Å². The summed E-state index contributed by atoms with van der Waals surface area (Å²) in [6, 6.07) is 17.2. The number of methoxy groups -OCH3 is 1. The lowest BCUT2D eigenvalue weighted by molar-refractivity contribution is 0.102. The topological polar surface area (TPSA) is 69.0 Å². The predicted molar refractivity (Wildman–Crippen MR) is 127 cm³/mol. The molecule has 6 nitrogen and oxygen atoms in total. The highest BCUT2D eigenvalue weighted by Crippen LogP contribution is 2.29. The Balaban J connectivity index is 1.63. The van der Waals surface area contributed by atoms with E-state index in [2.05, 4.69) is 17.3 Å². The maximum atomic E-state index is 13.0. The van der Waals surface area contributed by atoms with Crippen molar-refractivity contribution in [3.05, 3.63) is 71.2 Å². The molecule has 0 spiro atoms. The summed E-state index contributed by atoms with van der Waals surface area (Å²) in [5, 5.41) is 10.2. The van der Waals surface area contributed by atoms with E-state index in [0.29, 0.717) is 16.5 Å². The molecule has 0 radical (unpaired) electrons. The molecule has 2 heterocycles. The van der Waals surface area contributed by atoms with E-state index < -0.39 is 0 Å². The summed E-state index contributed by atoms with van der Waals surface area (Å²) < 4.78 is 6.99. The third-order valence-electron chi connectivity index (χ3n) is 4.54. The molecule has 2 aromatic heterocycles. The zero-order valence-corrected chi connectivity index (χ0v) is 19.1. The molecular formula is C23H22N4O2S2. The van der Waals surface area contributed by atoms with Gasteiger partial charge >= 0.3 is 0 Å². The Bertz CT molecular complexity index is 1220. The molecule has 0 bridgehead atoms. The van der Waals surface area contributed by atoms with E-state index >= 15 is 0 Å². The third-order valence-corrected chi connectivity index (χ3v) is 6.32. The molecule has 0 aliphatic rings. The summed E-state index contributed by atoms with van der Waals surface area (Å²) in [6.45, 7) is 3.96. The molecule has 8 heteroatoms. The summed E-state index contributed by atoms with van der Waals surface area (Å²) in [5.41, 5.74) is 3.23. The van der Waals surface area contributed by atoms with Crippen molar-refractivity contribution in [3.63, 3.8) is 0 Å². The molecule has 0 fully saturated rings. The normalized spacial score (nSPS) is 10.8. The monoisotopic (exact) mass is 450 g/mol. The minimum Gasteiger partial charge on any atom is -0.497 e. The van der Waals surface area contributed by atoms with Crippen molar-refractivity contribution in [1.82, 2.24) is 14.8 Å². The molecule has 0 saturated heterocycles. The number of amides is 1. The van der Waals surface area contributed by atoms with Crippen LogP contribution in [0.5, 0.6) is 5.75 Å². The summed E-state index contributed by atoms with van der Waals surface area (Å²) in [6.07, 6.45) is 0. The van der Waals surface area contributed by atoms with Gasteiger partial charge in [0.1, 0.15) is 11.6 Å². The number of thiazole rings is 1. The number of anilines is 1. The number of thioether (sulfide) groups is 1. The number of carbonyl (C=O) groups is 1. The lowest BCUT2D eigenvalue weighted by atomic mass is 10.2. The summed E-state index contributed by atoms with van der Waals surface area (Å²) >= 11 is 3.11. The first-order valence-corrected chi connectivity index (χ1v) is 11.7. The van der Waals surface area contributed by atoms with Crippen molar-refractivity contribution in [2.75, 3.05) is 18.2 Å². The standard InChI is InChI=1S/C23H22N4O2S2/c1-4-30-20-11-6-5-10-18(20)22(28)25-21-12-15(2)26-27(21)23-24-19(14-31-23)16-8-7-9-17(13-16)29-3/h5-14H,4H2,1-3H3,(H,25,28). The Morgan fingerprint density at radius 1 is 1.19 bits per heavy atom. The molecule has 0 unspecified atom stereocenters. The minimum absolute atomic E-state index is 0.165. The zero-order valence-electron chi connectivity index (χ0n) is 17.5. The zero-order chi connectivity index (χ0) is 21.8. The van der Waals surface area contributed by atoms with Gasteiger partial charge in [-0.3, -0.25) is 4.79 Å². The molecule has 0 aliphatic heterocycles. The number of ether oxygens (including phenoxy) is 1. The molecule has 158 valence electrons. The molecular weight excluding hydrogens is 428 g/mol. The molecule has 0 aliphatic carbocycles. The number of hydrogen-bond donors (Lipinski definition) is 1. The number of nitrogens with zero attached hydrogens (tertiary/aromatic N) is 3. The van der Waals surface area contributed by atoms with Crippen LogP contribution in [0.3, 0.4) is 0 Å². The second-order valence-electron chi connectivity index (χ2n) is 6.71. The van der Waals surface area contributed by atoms with Crippen molar-refractivity contribution in [2.45, 2.75) is 18.7 Å². The van der Waals surface area contributed by atoms with Crippen molar-refractivity contribution < 1.29 is 9.53 Å². The highest BCUT2D eigenvalue weighted by atomic mass is 32.2. The van der Waals surface area contributed by atoms with Crippen LogP contribution in [0.25, 0.3) is 16.4 Å². The van der Waals surface area contributed by atoms with E-state index in [9.17, 15) is 4.79 Å². The maximum Gasteiger partial charge on any atom is 0.257 e. The first-order valence-electron chi connectivity index (χ1n) is 9.79. The second kappa shape index (κ2) is 9.36. The molecule has 0 atom stereocenters. The lowest BCUT2D eigenvalue weighted by Gasteiger charge is -2.10. The quantitative estimate of drug-likeness (QED) is 0.367. The summed E-state index contributed by atoms with van der Waals surface area (Å²) in [4.78, 5) is 18.7. The Labute approximate surface area is 189 Å². The first kappa shape index (κ1) is 21.1. The van der Waals surface area contributed by atoms with Crippen molar-refractivity contribution in [3.8, 4) is 22.1 Å². The van der Waals surface area contributed by atoms with Crippen molar-refractivity contribution in [2.24, 2.45) is 0 Å². The molecule has 31 heavy (non-hydrogen) atoms. The van der Waals surface area contributed by atoms with Gasteiger partial charge in [-0.25, -0.2) is 4.98 Å². The van der Waals surface area contributed by atoms with Crippen molar-refractivity contribution >= 4 is 34.8 Å². The smallest absolute Gasteiger partial charge is 0.257 e. The molecule has 4 rings (SSSR count). The minimum atomic E-state index is -0.165. The Morgan fingerprint density at radius 3 is 2.84 bits per heavy atom. The van der Waals surface area contributed by atoms with E-state index in [1.807, 2.05) is 66.9 Å². The number of aromatic nitrogens is 3. The van der Waals surface area contributed by atoms with Crippen LogP contribution in [0.2, 0.25) is 0 Å². The van der Waals surface area contributed by atoms with Crippen LogP contribution in [0.1, 0.15) is 23.0 Å². The molecule has 1 N–H and O–H groups in total. The van der Waals surface area contributed by atoms with Crippen LogP contribution in [0, 0.1) is 6.92 Å². The van der Waals surface area contributed by atoms with Crippen LogP contribution in [0.4, 0.5) is 5.82 Å². The van der Waals surface area contributed by atoms with Crippen LogP contribution in [0.15, 0.2) is 64.9 Å². The fourth-order valence-corrected chi connectivity index (χ4v) is 4.73. The second-order valence-corrected chi connectivity index (χ2v) is 8.86. The molecule has 0 saturated carbocycles. The van der Waals surface area contributed by atoms with Gasteiger partial charge in [-0.15, -0.1) is 23.1 Å². The van der Waals surface area contributed by atoms with Gasteiger partial charge in [0, 0.05) is 21.9 Å². The number of benzene rings is 2. The van der Waals surface area contributed by atoms with E-state index in [-0.39, 0.29) is 5.91 Å². The number of hydrogen-bond acceptors (Lipinski definition) is 6. The van der Waals surface area contributed by atoms with Crippen molar-refractivity contribution in [1.29, 1.82) is 0 Å². The van der Waals surface area contributed by atoms with E-state index in [4.69, 9.17) is 9.72 Å². The Morgan fingerprint density at radius 2 is 2.03 bits per heavy atom. The first-order chi connectivity index (χ1) is 15.1. The maximum absolute atomic E-state index is 13.0. The summed E-state index contributed by atoms with van der Waals surface area (Å²) in [5.74, 6) is 2.10. The van der Waals surface area contributed by atoms with Gasteiger partial charge in [-0.05, 0) is 36.9 Å². The molecule has 2 aromatic carbocycles. The van der Waals surface area contributed by atoms with Gasteiger partial charge in [-0.1, -0.05) is 31.2 Å². The van der Waals surface area contributed by atoms with Gasteiger partial charge in [-0.2, -0.15) is 9.78 Å². The van der Waals surface area contributed by atoms with Gasteiger partial charge < -0.3 is 10.1 Å². The SMILES string of the molecule is CCSc1ccccc1C(=O)Nc1cc(C)nn1-c1nc(-c2cccc(OC)c2)cs1. The molecule has 1 amide bonds. The Hall–Kier alpha value is -3.10. The fourth-order valence-electron chi connectivity index (χ4n) is 3.13. The predicted octanol–water partition coefficient (Wildman–Crippen LogP) is 5.68. The average molecular weight is 451 g/mol. The number of carbonyl (C=O) groups excluding carboxylic acids is 1. The van der Waals surface area contributed by atoms with Gasteiger partial charge in [0.15, 0.2) is 0 Å². The highest BCUT2D eigenvalue weighted by molar-refractivity contribution is 7.99. The average Bonchev–Trinajstić information content (AvgIpc) is 3.41. The van der Waals surface area contributed by atoms with E-state index in [0.717, 1.165) is 33.3 Å².